The van der Waals surface area contributed by atoms with Gasteiger partial charge in [0, 0.05) is 5.56 Å². The highest BCUT2D eigenvalue weighted by Gasteiger charge is 2.13. The van der Waals surface area contributed by atoms with Crippen molar-refractivity contribution in [3.63, 3.8) is 0 Å². The molecule has 0 fully saturated rings. The van der Waals surface area contributed by atoms with E-state index in [2.05, 4.69) is 6.07 Å². The molecule has 0 aromatic heterocycles. The molecule has 0 radical (unpaired) electrons. The van der Waals surface area contributed by atoms with Gasteiger partial charge in [0.1, 0.15) is 0 Å². The molecule has 1 aromatic rings. The summed E-state index contributed by atoms with van der Waals surface area (Å²) in [5.74, 6) is 0. The third-order valence-electron chi connectivity index (χ3n) is 1.90. The van der Waals surface area contributed by atoms with Crippen LogP contribution in [0.25, 0.3) is 0 Å². The van der Waals surface area contributed by atoms with Crippen LogP contribution in [0.3, 0.4) is 0 Å². The maximum atomic E-state index is 8.70. The Morgan fingerprint density at radius 1 is 1.36 bits per heavy atom. The van der Waals surface area contributed by atoms with E-state index in [9.17, 15) is 0 Å². The number of nitrogens with zero attached hydrogens (tertiary/aromatic N) is 1. The van der Waals surface area contributed by atoms with Gasteiger partial charge < -0.3 is 4.74 Å². The second kappa shape index (κ2) is 2.37. The van der Waals surface area contributed by atoms with Crippen molar-refractivity contribution in [3.05, 3.63) is 34.9 Å². The van der Waals surface area contributed by atoms with Crippen LogP contribution < -0.4 is 0 Å². The summed E-state index contributed by atoms with van der Waals surface area (Å²) in [7, 11) is 0. The van der Waals surface area contributed by atoms with Gasteiger partial charge in [0.15, 0.2) is 0 Å². The number of hydrogen-bond acceptors (Lipinski definition) is 2. The van der Waals surface area contributed by atoms with Gasteiger partial charge in [0.05, 0.1) is 24.8 Å². The van der Waals surface area contributed by atoms with Crippen LogP contribution in [-0.2, 0) is 18.0 Å². The topological polar surface area (TPSA) is 33.0 Å². The van der Waals surface area contributed by atoms with E-state index < -0.39 is 0 Å². The van der Waals surface area contributed by atoms with Crippen molar-refractivity contribution in [1.29, 1.82) is 5.26 Å². The Bertz CT molecular complexity index is 325. The molecule has 0 unspecified atom stereocenters. The van der Waals surface area contributed by atoms with Crippen LogP contribution in [0.2, 0.25) is 0 Å². The molecule has 1 aliphatic rings. The van der Waals surface area contributed by atoms with Crippen LogP contribution in [0.5, 0.6) is 0 Å². The van der Waals surface area contributed by atoms with Crippen molar-refractivity contribution in [3.8, 4) is 6.07 Å². The Balaban J connectivity index is 2.61. The van der Waals surface area contributed by atoms with Gasteiger partial charge in [-0.1, -0.05) is 12.1 Å². The van der Waals surface area contributed by atoms with Crippen molar-refractivity contribution in [2.45, 2.75) is 13.2 Å². The summed E-state index contributed by atoms with van der Waals surface area (Å²) in [5, 5.41) is 8.70. The van der Waals surface area contributed by atoms with Gasteiger partial charge in [0.25, 0.3) is 0 Å². The summed E-state index contributed by atoms with van der Waals surface area (Å²) in [6, 6.07) is 7.87. The van der Waals surface area contributed by atoms with Crippen LogP contribution in [0.4, 0.5) is 0 Å². The highest BCUT2D eigenvalue weighted by Crippen LogP contribution is 2.22. The summed E-state index contributed by atoms with van der Waals surface area (Å²) < 4.78 is 5.21. The quantitative estimate of drug-likeness (QED) is 0.555. The highest BCUT2D eigenvalue weighted by molar-refractivity contribution is 5.43. The number of fused-ring (bicyclic) bond motifs is 1. The molecule has 0 amide bonds. The minimum atomic E-state index is 0.596. The molecule has 2 heteroatoms. The van der Waals surface area contributed by atoms with Gasteiger partial charge in [-0.05, 0) is 11.6 Å². The Labute approximate surface area is 65.0 Å². The largest absolute Gasteiger partial charge is 0.372 e. The van der Waals surface area contributed by atoms with Crippen molar-refractivity contribution < 1.29 is 4.74 Å². The first-order chi connectivity index (χ1) is 5.42. The minimum Gasteiger partial charge on any atom is -0.372 e. The zero-order chi connectivity index (χ0) is 7.68. The van der Waals surface area contributed by atoms with Crippen molar-refractivity contribution in [1.82, 2.24) is 0 Å². The molecule has 1 aliphatic heterocycles. The predicted molar refractivity (Wildman–Crippen MR) is 39.7 cm³/mol. The third-order valence-corrected chi connectivity index (χ3v) is 1.90. The predicted octanol–water partition coefficient (Wildman–Crippen LogP) is 1.59. The smallest absolute Gasteiger partial charge is 0.0995 e. The maximum Gasteiger partial charge on any atom is 0.0995 e. The summed E-state index contributed by atoms with van der Waals surface area (Å²) in [6.45, 7) is 1.25. The first-order valence-electron chi connectivity index (χ1n) is 3.50. The molecular weight excluding hydrogens is 138 g/mol. The molecule has 0 aliphatic carbocycles. The molecule has 0 spiro atoms. The third kappa shape index (κ3) is 0.903. The summed E-state index contributed by atoms with van der Waals surface area (Å²) in [4.78, 5) is 0. The average Bonchev–Trinajstić information content (AvgIpc) is 2.50. The van der Waals surface area contributed by atoms with E-state index in [4.69, 9.17) is 10.00 Å². The van der Waals surface area contributed by atoms with E-state index in [1.807, 2.05) is 18.2 Å². The lowest BCUT2D eigenvalue weighted by Gasteiger charge is -1.96. The summed E-state index contributed by atoms with van der Waals surface area (Å²) >= 11 is 0. The Morgan fingerprint density at radius 2 is 2.27 bits per heavy atom. The van der Waals surface area contributed by atoms with E-state index in [1.165, 1.54) is 0 Å². The van der Waals surface area contributed by atoms with E-state index in [0.29, 0.717) is 13.2 Å². The van der Waals surface area contributed by atoms with Crippen LogP contribution in [0.1, 0.15) is 16.7 Å². The molecule has 11 heavy (non-hydrogen) atoms. The molecule has 0 saturated heterocycles. The molecule has 1 aromatic carbocycles. The van der Waals surface area contributed by atoms with Crippen molar-refractivity contribution in [2.75, 3.05) is 0 Å². The monoisotopic (exact) mass is 145 g/mol. The molecule has 0 N–H and O–H groups in total. The van der Waals surface area contributed by atoms with E-state index in [1.54, 1.807) is 0 Å². The second-order valence-corrected chi connectivity index (χ2v) is 2.55. The maximum absolute atomic E-state index is 8.70. The molecule has 54 valence electrons. The first-order valence-corrected chi connectivity index (χ1v) is 3.50. The highest BCUT2D eigenvalue weighted by atomic mass is 16.5. The molecule has 1 heterocycles. The zero-order valence-corrected chi connectivity index (χ0v) is 6.00. The van der Waals surface area contributed by atoms with Crippen LogP contribution in [0, 0.1) is 11.3 Å². The van der Waals surface area contributed by atoms with Crippen LogP contribution in [-0.4, -0.2) is 0 Å². The van der Waals surface area contributed by atoms with Gasteiger partial charge in [-0.2, -0.15) is 5.26 Å². The summed E-state index contributed by atoms with van der Waals surface area (Å²) in [6.07, 6.45) is 0. The standard InChI is InChI=1S/C9H7NO/c10-4-7-2-1-3-8-5-11-6-9(7)8/h1-3H,5-6H2. The molecule has 2 nitrogen and oxygen atoms in total. The van der Waals surface area contributed by atoms with Crippen LogP contribution in [0.15, 0.2) is 18.2 Å². The SMILES string of the molecule is N#Cc1cccc2c1COC2. The number of hydrogen-bond donors (Lipinski definition) is 0. The van der Waals surface area contributed by atoms with E-state index in [0.717, 1.165) is 16.7 Å². The minimum absolute atomic E-state index is 0.596. The lowest BCUT2D eigenvalue weighted by Crippen LogP contribution is -1.86. The average molecular weight is 145 g/mol. The van der Waals surface area contributed by atoms with Gasteiger partial charge in [-0.25, -0.2) is 0 Å². The summed E-state index contributed by atoms with van der Waals surface area (Å²) in [5.41, 5.74) is 2.97. The van der Waals surface area contributed by atoms with Crippen LogP contribution >= 0.6 is 0 Å². The fraction of sp³-hybridized carbons (Fsp3) is 0.222. The Morgan fingerprint density at radius 3 is 3.09 bits per heavy atom. The van der Waals surface area contributed by atoms with Gasteiger partial charge in [0.2, 0.25) is 0 Å². The number of benzene rings is 1. The zero-order valence-electron chi connectivity index (χ0n) is 6.00. The Kier molecular flexibility index (Phi) is 1.38. The van der Waals surface area contributed by atoms with Gasteiger partial charge in [-0.3, -0.25) is 0 Å². The molecule has 2 rings (SSSR count). The van der Waals surface area contributed by atoms with E-state index >= 15 is 0 Å². The van der Waals surface area contributed by atoms with Crippen molar-refractivity contribution >= 4 is 0 Å². The molecule has 0 atom stereocenters. The molecule has 0 saturated carbocycles. The fourth-order valence-corrected chi connectivity index (χ4v) is 1.31. The van der Waals surface area contributed by atoms with Gasteiger partial charge >= 0.3 is 0 Å². The van der Waals surface area contributed by atoms with Gasteiger partial charge in [-0.15, -0.1) is 0 Å². The second-order valence-electron chi connectivity index (χ2n) is 2.55. The Hall–Kier alpha value is -1.33. The number of ether oxygens (including phenoxy) is 1. The number of nitriles is 1. The molecule has 0 bridgehead atoms. The first kappa shape index (κ1) is 6.38. The fourth-order valence-electron chi connectivity index (χ4n) is 1.31. The number of rotatable bonds is 0. The lowest BCUT2D eigenvalue weighted by atomic mass is 10.1. The molecular formula is C9H7NO. The van der Waals surface area contributed by atoms with E-state index in [-0.39, 0.29) is 0 Å². The lowest BCUT2D eigenvalue weighted by molar-refractivity contribution is 0.134. The van der Waals surface area contributed by atoms with Crippen molar-refractivity contribution in [2.24, 2.45) is 0 Å². The normalized spacial score (nSPS) is 14.1.